The lowest BCUT2D eigenvalue weighted by molar-refractivity contribution is 0.601. The highest BCUT2D eigenvalue weighted by atomic mass is 35.5. The van der Waals surface area contributed by atoms with Gasteiger partial charge in [-0.2, -0.15) is 0 Å². The molecule has 0 saturated carbocycles. The van der Waals surface area contributed by atoms with E-state index in [4.69, 9.17) is 11.6 Å². The second-order valence-electron chi connectivity index (χ2n) is 6.96. The third-order valence-electron chi connectivity index (χ3n) is 4.89. The third kappa shape index (κ3) is 4.66. The lowest BCUT2D eigenvalue weighted by atomic mass is 10.2. The van der Waals surface area contributed by atoms with Crippen molar-refractivity contribution in [3.63, 3.8) is 0 Å². The van der Waals surface area contributed by atoms with Crippen LogP contribution in [0.1, 0.15) is 17.5 Å². The number of para-hydroxylation sites is 1. The van der Waals surface area contributed by atoms with Crippen LogP contribution >= 0.6 is 23.4 Å². The van der Waals surface area contributed by atoms with Gasteiger partial charge in [0.25, 0.3) is 0 Å². The Hall–Kier alpha value is -2.42. The number of hydrogen-bond acceptors (Lipinski definition) is 5. The number of nitrogens with one attached hydrogen (secondary N) is 1. The van der Waals surface area contributed by atoms with Crippen LogP contribution in [0.25, 0.3) is 10.9 Å². The van der Waals surface area contributed by atoms with Gasteiger partial charge in [0.05, 0.1) is 6.54 Å². The van der Waals surface area contributed by atoms with E-state index in [9.17, 15) is 4.39 Å². The van der Waals surface area contributed by atoms with Crippen LogP contribution in [0, 0.1) is 5.82 Å². The zero-order chi connectivity index (χ0) is 20.9. The van der Waals surface area contributed by atoms with Crippen LogP contribution < -0.4 is 5.32 Å². The quantitative estimate of drug-likeness (QED) is 0.308. The third-order valence-corrected chi connectivity index (χ3v) is 6.34. The van der Waals surface area contributed by atoms with E-state index in [1.54, 1.807) is 28.6 Å². The second-order valence-corrected chi connectivity index (χ2v) is 8.43. The Kier molecular flexibility index (Phi) is 6.66. The van der Waals surface area contributed by atoms with Gasteiger partial charge in [0.2, 0.25) is 5.16 Å². The van der Waals surface area contributed by atoms with Crippen molar-refractivity contribution in [1.29, 1.82) is 0 Å². The van der Waals surface area contributed by atoms with Crippen molar-refractivity contribution in [2.45, 2.75) is 24.7 Å². The highest BCUT2D eigenvalue weighted by Crippen LogP contribution is 2.26. The van der Waals surface area contributed by atoms with E-state index in [0.717, 1.165) is 41.3 Å². The molecule has 1 N–H and O–H groups in total. The predicted molar refractivity (Wildman–Crippen MR) is 118 cm³/mol. The normalized spacial score (nSPS) is 11.4. The van der Waals surface area contributed by atoms with Gasteiger partial charge in [0.15, 0.2) is 0 Å². The molecule has 0 fully saturated rings. The van der Waals surface area contributed by atoms with E-state index in [-0.39, 0.29) is 5.82 Å². The molecule has 4 aromatic rings. The molecular weight excluding hydrogens is 423 g/mol. The summed E-state index contributed by atoms with van der Waals surface area (Å²) in [6.07, 6.45) is 3.08. The van der Waals surface area contributed by atoms with E-state index >= 15 is 0 Å². The highest BCUT2D eigenvalue weighted by molar-refractivity contribution is 7.99. The maximum atomic E-state index is 14.3. The fourth-order valence-electron chi connectivity index (χ4n) is 3.38. The molecule has 0 unspecified atom stereocenters. The van der Waals surface area contributed by atoms with Gasteiger partial charge in [-0.3, -0.25) is 0 Å². The Morgan fingerprint density at radius 1 is 1.17 bits per heavy atom. The summed E-state index contributed by atoms with van der Waals surface area (Å²) in [6.45, 7) is 2.03. The van der Waals surface area contributed by atoms with Gasteiger partial charge in [-0.05, 0) is 47.2 Å². The molecule has 2 aromatic carbocycles. The summed E-state index contributed by atoms with van der Waals surface area (Å²) in [5.41, 5.74) is 2.76. The minimum atomic E-state index is -0.282. The summed E-state index contributed by atoms with van der Waals surface area (Å²) in [5.74, 6) is 0.657. The Labute approximate surface area is 183 Å². The maximum absolute atomic E-state index is 14.3. The van der Waals surface area contributed by atoms with Gasteiger partial charge >= 0.3 is 0 Å². The number of hydrogen-bond donors (Lipinski definition) is 1. The van der Waals surface area contributed by atoms with Crippen LogP contribution in [0.4, 0.5) is 4.39 Å². The fraction of sp³-hybridized carbons (Fsp3) is 0.286. The Morgan fingerprint density at radius 3 is 2.83 bits per heavy atom. The first-order valence-corrected chi connectivity index (χ1v) is 11.1. The van der Waals surface area contributed by atoms with Crippen LogP contribution in [0.15, 0.2) is 53.8 Å². The molecule has 2 aromatic heterocycles. The van der Waals surface area contributed by atoms with Crippen LogP contribution in [0.3, 0.4) is 0 Å². The van der Waals surface area contributed by atoms with Crippen molar-refractivity contribution in [2.75, 3.05) is 12.3 Å². The molecule has 0 atom stereocenters. The molecule has 0 aliphatic carbocycles. The Morgan fingerprint density at radius 2 is 2.03 bits per heavy atom. The van der Waals surface area contributed by atoms with E-state index < -0.39 is 0 Å². The number of halogens is 2. The maximum Gasteiger partial charge on any atom is 0.209 e. The monoisotopic (exact) mass is 444 g/mol. The molecule has 6 nitrogen and oxygen atoms in total. The van der Waals surface area contributed by atoms with Crippen molar-refractivity contribution >= 4 is 34.3 Å². The van der Waals surface area contributed by atoms with Crippen molar-refractivity contribution in [3.8, 4) is 0 Å². The number of aromatic nitrogens is 5. The topological polar surface area (TPSA) is 60.6 Å². The molecule has 0 amide bonds. The molecule has 0 aliphatic rings. The molecule has 156 valence electrons. The van der Waals surface area contributed by atoms with Crippen molar-refractivity contribution in [3.05, 3.63) is 70.6 Å². The molecule has 0 spiro atoms. The van der Waals surface area contributed by atoms with E-state index in [0.29, 0.717) is 17.1 Å². The average molecular weight is 445 g/mol. The van der Waals surface area contributed by atoms with Gasteiger partial charge < -0.3 is 9.88 Å². The minimum Gasteiger partial charge on any atom is -0.343 e. The SMILES string of the molecule is Cn1nnnc1SCCCNCc1cn(Cc2c(F)cccc2Cl)c2ccccc12. The lowest BCUT2D eigenvalue weighted by Crippen LogP contribution is -2.15. The number of nitrogens with zero attached hydrogens (tertiary/aromatic N) is 5. The first-order valence-electron chi connectivity index (χ1n) is 9.69. The van der Waals surface area contributed by atoms with Crippen LogP contribution in [-0.4, -0.2) is 37.1 Å². The van der Waals surface area contributed by atoms with Crippen LogP contribution in [0.2, 0.25) is 5.02 Å². The van der Waals surface area contributed by atoms with E-state index in [1.165, 1.54) is 11.6 Å². The largest absolute Gasteiger partial charge is 0.343 e. The molecule has 30 heavy (non-hydrogen) atoms. The fourth-order valence-corrected chi connectivity index (χ4v) is 4.39. The molecule has 4 rings (SSSR count). The number of fused-ring (bicyclic) bond motifs is 1. The zero-order valence-electron chi connectivity index (χ0n) is 16.6. The number of benzene rings is 2. The van der Waals surface area contributed by atoms with E-state index in [2.05, 4.69) is 43.7 Å². The Bertz CT molecular complexity index is 1120. The van der Waals surface area contributed by atoms with Gasteiger partial charge in [-0.25, -0.2) is 9.07 Å². The molecule has 0 aliphatic heterocycles. The summed E-state index contributed by atoms with van der Waals surface area (Å²) in [5, 5.41) is 17.4. The highest BCUT2D eigenvalue weighted by Gasteiger charge is 2.12. The van der Waals surface area contributed by atoms with Gasteiger partial charge in [0, 0.05) is 47.0 Å². The molecule has 0 saturated heterocycles. The number of aryl methyl sites for hydroxylation is 1. The average Bonchev–Trinajstić information content (AvgIpc) is 3.31. The molecule has 0 radical (unpaired) electrons. The summed E-state index contributed by atoms with van der Waals surface area (Å²) in [7, 11) is 1.84. The van der Waals surface area contributed by atoms with Gasteiger partial charge in [-0.1, -0.05) is 47.6 Å². The minimum absolute atomic E-state index is 0.282. The predicted octanol–water partition coefficient (Wildman–Crippen LogP) is 4.28. The summed E-state index contributed by atoms with van der Waals surface area (Å²) in [6, 6.07) is 13.0. The molecule has 0 bridgehead atoms. The second kappa shape index (κ2) is 9.59. The molecule has 9 heteroatoms. The summed E-state index contributed by atoms with van der Waals surface area (Å²) in [4.78, 5) is 0. The van der Waals surface area contributed by atoms with Gasteiger partial charge in [0.1, 0.15) is 5.82 Å². The number of rotatable bonds is 9. The summed E-state index contributed by atoms with van der Waals surface area (Å²) >= 11 is 7.88. The molecule has 2 heterocycles. The van der Waals surface area contributed by atoms with Crippen LogP contribution in [-0.2, 0) is 20.1 Å². The first kappa shape index (κ1) is 20.8. The smallest absolute Gasteiger partial charge is 0.209 e. The van der Waals surface area contributed by atoms with Crippen molar-refractivity contribution in [2.24, 2.45) is 7.05 Å². The standard InChI is InChI=1S/C21H22ClFN6S/c1-28-21(25-26-27-28)30-11-5-10-24-12-15-13-29(20-9-3-2-6-16(15)20)14-17-18(22)7-4-8-19(17)23/h2-4,6-9,13,24H,5,10-12,14H2,1H3. The number of tetrazole rings is 1. The summed E-state index contributed by atoms with van der Waals surface area (Å²) < 4.78 is 18.0. The number of thioether (sulfide) groups is 1. The van der Waals surface area contributed by atoms with Gasteiger partial charge in [-0.15, -0.1) is 5.10 Å². The Balaban J connectivity index is 1.39. The van der Waals surface area contributed by atoms with E-state index in [1.807, 2.05) is 19.2 Å². The van der Waals surface area contributed by atoms with Crippen LogP contribution in [0.5, 0.6) is 0 Å². The van der Waals surface area contributed by atoms with Crippen molar-refractivity contribution < 1.29 is 4.39 Å². The zero-order valence-corrected chi connectivity index (χ0v) is 18.1. The first-order chi connectivity index (χ1) is 14.6. The lowest BCUT2D eigenvalue weighted by Gasteiger charge is -2.08. The van der Waals surface area contributed by atoms with Crippen molar-refractivity contribution in [1.82, 2.24) is 30.1 Å². The molecular formula is C21H22ClFN6S.